The lowest BCUT2D eigenvalue weighted by atomic mass is 9.97. The molecule has 166 valence electrons. The lowest BCUT2D eigenvalue weighted by Gasteiger charge is -2.19. The second kappa shape index (κ2) is 8.78. The van der Waals surface area contributed by atoms with E-state index in [1.54, 1.807) is 65.6 Å². The molecule has 3 aromatic carbocycles. The first-order valence-electron chi connectivity index (χ1n) is 10.9. The highest BCUT2D eigenvalue weighted by Gasteiger charge is 2.23. The van der Waals surface area contributed by atoms with Gasteiger partial charge in [-0.25, -0.2) is 0 Å². The average molecular weight is 442 g/mol. The monoisotopic (exact) mass is 442 g/mol. The minimum absolute atomic E-state index is 0.0776. The fourth-order valence-corrected chi connectivity index (χ4v) is 4.09. The van der Waals surface area contributed by atoms with Crippen molar-refractivity contribution in [2.45, 2.75) is 12.8 Å². The molecule has 0 aliphatic carbocycles. The van der Waals surface area contributed by atoms with Crippen LogP contribution >= 0.6 is 0 Å². The van der Waals surface area contributed by atoms with Crippen LogP contribution in [-0.4, -0.2) is 37.4 Å². The van der Waals surface area contributed by atoms with E-state index >= 15 is 0 Å². The zero-order valence-electron chi connectivity index (χ0n) is 17.9. The molecule has 1 fully saturated rings. The number of hydrogen-bond acceptors (Lipinski definition) is 5. The molecule has 0 aromatic heterocycles. The van der Waals surface area contributed by atoms with Gasteiger partial charge in [-0.05, 0) is 48.9 Å². The second-order valence-electron chi connectivity index (χ2n) is 7.89. The third-order valence-corrected chi connectivity index (χ3v) is 5.71. The van der Waals surface area contributed by atoms with Crippen LogP contribution in [0.3, 0.4) is 0 Å². The van der Waals surface area contributed by atoms with Crippen molar-refractivity contribution < 1.29 is 23.9 Å². The number of nitrogens with zero attached hydrogens (tertiary/aromatic N) is 1. The summed E-state index contributed by atoms with van der Waals surface area (Å²) in [4.78, 5) is 40.1. The molecule has 2 aliphatic heterocycles. The molecule has 7 heteroatoms. The van der Waals surface area contributed by atoms with Gasteiger partial charge in [-0.15, -0.1) is 0 Å². The molecule has 0 atom stereocenters. The number of carbonyl (C=O) groups excluding carboxylic acids is 3. The molecular formula is C26H22N2O5. The Morgan fingerprint density at radius 2 is 1.64 bits per heavy atom. The topological polar surface area (TPSA) is 84.9 Å². The number of fused-ring (bicyclic) bond motifs is 1. The average Bonchev–Trinajstić information content (AvgIpc) is 3.29. The maximum atomic E-state index is 13.3. The van der Waals surface area contributed by atoms with Gasteiger partial charge in [0.2, 0.25) is 5.91 Å². The van der Waals surface area contributed by atoms with Crippen molar-refractivity contribution in [3.63, 3.8) is 0 Å². The van der Waals surface area contributed by atoms with Crippen LogP contribution in [0, 0.1) is 0 Å². The van der Waals surface area contributed by atoms with Gasteiger partial charge in [-0.2, -0.15) is 0 Å². The van der Waals surface area contributed by atoms with Crippen LogP contribution in [0.15, 0.2) is 66.7 Å². The normalized spacial score (nSPS) is 14.8. The van der Waals surface area contributed by atoms with Crippen LogP contribution in [-0.2, 0) is 4.79 Å². The minimum atomic E-state index is -0.401. The summed E-state index contributed by atoms with van der Waals surface area (Å²) in [5, 5.41) is 2.86. The molecule has 0 bridgehead atoms. The molecule has 0 spiro atoms. The van der Waals surface area contributed by atoms with Crippen molar-refractivity contribution in [3.05, 3.63) is 83.4 Å². The van der Waals surface area contributed by atoms with E-state index in [2.05, 4.69) is 5.32 Å². The van der Waals surface area contributed by atoms with Gasteiger partial charge in [0, 0.05) is 35.5 Å². The van der Waals surface area contributed by atoms with Crippen molar-refractivity contribution in [1.82, 2.24) is 0 Å². The summed E-state index contributed by atoms with van der Waals surface area (Å²) in [6, 6.07) is 18.9. The van der Waals surface area contributed by atoms with E-state index in [1.165, 1.54) is 0 Å². The Bertz CT molecular complexity index is 1250. The first-order valence-corrected chi connectivity index (χ1v) is 10.9. The summed E-state index contributed by atoms with van der Waals surface area (Å²) in [5.74, 6) is 0.506. The van der Waals surface area contributed by atoms with Gasteiger partial charge in [0.05, 0.1) is 5.56 Å². The van der Waals surface area contributed by atoms with Crippen LogP contribution < -0.4 is 19.7 Å². The van der Waals surface area contributed by atoms with Gasteiger partial charge < -0.3 is 19.7 Å². The fraction of sp³-hybridized carbons (Fsp3) is 0.192. The first kappa shape index (κ1) is 20.8. The van der Waals surface area contributed by atoms with Crippen LogP contribution in [0.5, 0.6) is 11.5 Å². The lowest BCUT2D eigenvalue weighted by Crippen LogP contribution is -2.24. The Balaban J connectivity index is 1.39. The summed E-state index contributed by atoms with van der Waals surface area (Å²) >= 11 is 0. The lowest BCUT2D eigenvalue weighted by molar-refractivity contribution is -0.117. The Morgan fingerprint density at radius 1 is 0.848 bits per heavy atom. The molecule has 2 amide bonds. The number of rotatable bonds is 5. The van der Waals surface area contributed by atoms with Crippen molar-refractivity contribution in [2.24, 2.45) is 0 Å². The van der Waals surface area contributed by atoms with Crippen LogP contribution in [0.4, 0.5) is 11.4 Å². The molecule has 1 N–H and O–H groups in total. The summed E-state index contributed by atoms with van der Waals surface area (Å²) in [6.07, 6.45) is 1.36. The zero-order valence-corrected chi connectivity index (χ0v) is 17.9. The number of anilines is 2. The third kappa shape index (κ3) is 4.17. The van der Waals surface area contributed by atoms with Gasteiger partial charge in [-0.3, -0.25) is 14.4 Å². The van der Waals surface area contributed by atoms with Gasteiger partial charge in [-0.1, -0.05) is 24.3 Å². The molecule has 2 heterocycles. The van der Waals surface area contributed by atoms with Crippen LogP contribution in [0.2, 0.25) is 0 Å². The van der Waals surface area contributed by atoms with E-state index in [1.807, 2.05) is 6.07 Å². The zero-order chi connectivity index (χ0) is 22.8. The largest absolute Gasteiger partial charge is 0.486 e. The maximum absolute atomic E-state index is 13.3. The summed E-state index contributed by atoms with van der Waals surface area (Å²) in [5.41, 5.74) is 2.27. The molecule has 2 aliphatic rings. The SMILES string of the molecule is O=C(Nc1cccc(N2CCCC2=O)c1)c1ccccc1C(=O)c1ccc2c(c1)OCCO2. The van der Waals surface area contributed by atoms with E-state index in [0.717, 1.165) is 12.1 Å². The Labute approximate surface area is 190 Å². The Hall–Kier alpha value is -4.13. The van der Waals surface area contributed by atoms with Gasteiger partial charge in [0.25, 0.3) is 5.91 Å². The molecule has 3 aromatic rings. The minimum Gasteiger partial charge on any atom is -0.486 e. The molecule has 1 saturated heterocycles. The number of nitrogens with one attached hydrogen (secondary N) is 1. The van der Waals surface area contributed by atoms with E-state index in [4.69, 9.17) is 9.47 Å². The van der Waals surface area contributed by atoms with E-state index in [9.17, 15) is 14.4 Å². The molecular weight excluding hydrogens is 420 g/mol. The van der Waals surface area contributed by atoms with Gasteiger partial charge in [0.1, 0.15) is 13.2 Å². The third-order valence-electron chi connectivity index (χ3n) is 5.71. The fourth-order valence-electron chi connectivity index (χ4n) is 4.09. The van der Waals surface area contributed by atoms with E-state index < -0.39 is 5.91 Å². The first-order chi connectivity index (χ1) is 16.1. The standard InChI is InChI=1S/C26H22N2O5/c29-24-9-4-12-28(24)19-6-3-5-18(16-19)27-26(31)21-8-2-1-7-20(21)25(30)17-10-11-22-23(15-17)33-14-13-32-22/h1-3,5-8,10-11,15-16H,4,9,12-14H2,(H,27,31). The van der Waals surface area contributed by atoms with Crippen LogP contribution in [0.25, 0.3) is 0 Å². The summed E-state index contributed by atoms with van der Waals surface area (Å²) in [7, 11) is 0. The van der Waals surface area contributed by atoms with Gasteiger partial charge in [0.15, 0.2) is 17.3 Å². The van der Waals surface area contributed by atoms with Gasteiger partial charge >= 0.3 is 0 Å². The highest BCUT2D eigenvalue weighted by atomic mass is 16.6. The summed E-state index contributed by atoms with van der Waals surface area (Å²) < 4.78 is 11.1. The smallest absolute Gasteiger partial charge is 0.256 e. The van der Waals surface area contributed by atoms with Crippen LogP contribution in [0.1, 0.15) is 39.1 Å². The number of hydrogen-bond donors (Lipinski definition) is 1. The molecule has 0 radical (unpaired) electrons. The molecule has 0 saturated carbocycles. The van der Waals surface area contributed by atoms with E-state index in [-0.39, 0.29) is 22.8 Å². The molecule has 33 heavy (non-hydrogen) atoms. The predicted octanol–water partition coefficient (Wildman–Crippen LogP) is 4.07. The summed E-state index contributed by atoms with van der Waals surface area (Å²) in [6.45, 7) is 1.56. The van der Waals surface area contributed by atoms with E-state index in [0.29, 0.717) is 48.9 Å². The number of benzene rings is 3. The molecule has 5 rings (SSSR count). The number of carbonyl (C=O) groups is 3. The maximum Gasteiger partial charge on any atom is 0.256 e. The molecule has 7 nitrogen and oxygen atoms in total. The Morgan fingerprint density at radius 3 is 2.42 bits per heavy atom. The van der Waals surface area contributed by atoms with Crippen molar-refractivity contribution in [3.8, 4) is 11.5 Å². The van der Waals surface area contributed by atoms with Crippen molar-refractivity contribution in [1.29, 1.82) is 0 Å². The molecule has 0 unspecified atom stereocenters. The van der Waals surface area contributed by atoms with Crippen molar-refractivity contribution >= 4 is 29.0 Å². The highest BCUT2D eigenvalue weighted by Crippen LogP contribution is 2.32. The number of ether oxygens (including phenoxy) is 2. The number of ketones is 1. The quantitative estimate of drug-likeness (QED) is 0.602. The highest BCUT2D eigenvalue weighted by molar-refractivity contribution is 6.18. The van der Waals surface area contributed by atoms with Crippen molar-refractivity contribution in [2.75, 3.05) is 30.0 Å². The second-order valence-corrected chi connectivity index (χ2v) is 7.89. The Kier molecular flexibility index (Phi) is 5.52. The predicted molar refractivity (Wildman–Crippen MR) is 123 cm³/mol. The number of amides is 2.